The maximum atomic E-state index is 12.4. The number of nitrogen functional groups attached to an aromatic ring is 1. The predicted molar refractivity (Wildman–Crippen MR) is 60.8 cm³/mol. The monoisotopic (exact) mass is 262 g/mol. The summed E-state index contributed by atoms with van der Waals surface area (Å²) in [5, 5.41) is 5.17. The number of nitrogens with zero attached hydrogens (tertiary/aromatic N) is 1. The minimum Gasteiger partial charge on any atom is -0.382 e. The lowest BCUT2D eigenvalue weighted by molar-refractivity contribution is -0.137. The molecule has 4 N–H and O–H groups in total. The summed E-state index contributed by atoms with van der Waals surface area (Å²) in [6.07, 6.45) is -3.79. The Morgan fingerprint density at radius 3 is 2.67 bits per heavy atom. The van der Waals surface area contributed by atoms with Crippen molar-refractivity contribution in [1.82, 2.24) is 10.3 Å². The standard InChI is InChI=1S/C10H13F3N4O/c1-6(18)15-2-3-16-8-4-7(10(11,12)13)5-17-9(8)14/h4-5,16H,2-3H2,1H3,(H2,14,17)(H,15,18). The van der Waals surface area contributed by atoms with Crippen LogP contribution in [-0.4, -0.2) is 24.0 Å². The molecule has 0 saturated carbocycles. The van der Waals surface area contributed by atoms with Crippen LogP contribution in [0.5, 0.6) is 0 Å². The van der Waals surface area contributed by atoms with Crippen LogP contribution < -0.4 is 16.4 Å². The summed E-state index contributed by atoms with van der Waals surface area (Å²) < 4.78 is 37.3. The van der Waals surface area contributed by atoms with Crippen LogP contribution in [-0.2, 0) is 11.0 Å². The Morgan fingerprint density at radius 1 is 1.44 bits per heavy atom. The van der Waals surface area contributed by atoms with Crippen molar-refractivity contribution in [3.05, 3.63) is 17.8 Å². The largest absolute Gasteiger partial charge is 0.417 e. The Morgan fingerprint density at radius 2 is 2.11 bits per heavy atom. The maximum absolute atomic E-state index is 12.4. The summed E-state index contributed by atoms with van der Waals surface area (Å²) >= 11 is 0. The van der Waals surface area contributed by atoms with Crippen LogP contribution in [0, 0.1) is 0 Å². The fourth-order valence-corrected chi connectivity index (χ4v) is 1.21. The second kappa shape index (κ2) is 5.56. The average Bonchev–Trinajstić information content (AvgIpc) is 2.24. The van der Waals surface area contributed by atoms with E-state index < -0.39 is 11.7 Å². The van der Waals surface area contributed by atoms with Gasteiger partial charge < -0.3 is 16.4 Å². The highest BCUT2D eigenvalue weighted by molar-refractivity contribution is 5.72. The molecule has 0 aromatic carbocycles. The molecule has 1 heterocycles. The van der Waals surface area contributed by atoms with Crippen molar-refractivity contribution in [1.29, 1.82) is 0 Å². The van der Waals surface area contributed by atoms with Gasteiger partial charge in [0.25, 0.3) is 0 Å². The molecule has 0 bridgehead atoms. The van der Waals surface area contributed by atoms with Crippen LogP contribution in [0.15, 0.2) is 12.3 Å². The fraction of sp³-hybridized carbons (Fsp3) is 0.400. The zero-order chi connectivity index (χ0) is 13.8. The number of carbonyl (C=O) groups is 1. The third-order valence-corrected chi connectivity index (χ3v) is 2.06. The zero-order valence-electron chi connectivity index (χ0n) is 9.64. The van der Waals surface area contributed by atoms with Gasteiger partial charge in [0.1, 0.15) is 5.82 Å². The Balaban J connectivity index is 2.67. The van der Waals surface area contributed by atoms with Crippen LogP contribution in [0.4, 0.5) is 24.7 Å². The van der Waals surface area contributed by atoms with Crippen LogP contribution in [0.2, 0.25) is 0 Å². The second-order valence-corrected chi connectivity index (χ2v) is 3.56. The summed E-state index contributed by atoms with van der Waals surface area (Å²) in [4.78, 5) is 14.1. The Labute approximate surface area is 102 Å². The number of nitrogens with one attached hydrogen (secondary N) is 2. The summed E-state index contributed by atoms with van der Waals surface area (Å²) in [5.74, 6) is -0.238. The summed E-state index contributed by atoms with van der Waals surface area (Å²) in [5.41, 5.74) is 4.66. The lowest BCUT2D eigenvalue weighted by atomic mass is 10.2. The molecule has 0 aliphatic rings. The van der Waals surface area contributed by atoms with Gasteiger partial charge in [0, 0.05) is 26.2 Å². The van der Waals surface area contributed by atoms with Crippen molar-refractivity contribution < 1.29 is 18.0 Å². The molecule has 1 rings (SSSR count). The quantitative estimate of drug-likeness (QED) is 0.713. The fourth-order valence-electron chi connectivity index (χ4n) is 1.21. The van der Waals surface area contributed by atoms with Gasteiger partial charge in [-0.15, -0.1) is 0 Å². The second-order valence-electron chi connectivity index (χ2n) is 3.56. The average molecular weight is 262 g/mol. The van der Waals surface area contributed by atoms with Crippen LogP contribution in [0.1, 0.15) is 12.5 Å². The van der Waals surface area contributed by atoms with Crippen molar-refractivity contribution >= 4 is 17.4 Å². The van der Waals surface area contributed by atoms with Gasteiger partial charge in [0.15, 0.2) is 0 Å². The molecule has 0 fully saturated rings. The number of aromatic nitrogens is 1. The first-order valence-electron chi connectivity index (χ1n) is 5.11. The van der Waals surface area contributed by atoms with Gasteiger partial charge in [0.05, 0.1) is 11.3 Å². The molecule has 1 aromatic rings. The number of halogens is 3. The lowest BCUT2D eigenvalue weighted by Crippen LogP contribution is -2.26. The number of pyridine rings is 1. The first-order chi connectivity index (χ1) is 8.30. The van der Waals surface area contributed by atoms with Gasteiger partial charge in [-0.1, -0.05) is 0 Å². The molecule has 0 aliphatic heterocycles. The molecule has 1 aromatic heterocycles. The molecule has 1 amide bonds. The first kappa shape index (κ1) is 14.1. The van der Waals surface area contributed by atoms with E-state index in [0.29, 0.717) is 6.20 Å². The van der Waals surface area contributed by atoms with Crippen molar-refractivity contribution in [3.63, 3.8) is 0 Å². The topological polar surface area (TPSA) is 80.0 Å². The minimum absolute atomic E-state index is 0.0224. The molecule has 0 radical (unpaired) electrons. The first-order valence-corrected chi connectivity index (χ1v) is 5.11. The minimum atomic E-state index is -4.46. The summed E-state index contributed by atoms with van der Waals surface area (Å²) in [7, 11) is 0. The number of alkyl halides is 3. The number of rotatable bonds is 4. The molecular weight excluding hydrogens is 249 g/mol. The van der Waals surface area contributed by atoms with E-state index in [9.17, 15) is 18.0 Å². The Hall–Kier alpha value is -1.99. The third-order valence-electron chi connectivity index (χ3n) is 2.06. The Kier molecular flexibility index (Phi) is 4.35. The molecule has 0 saturated heterocycles. The van der Waals surface area contributed by atoms with Crippen molar-refractivity contribution in [3.8, 4) is 0 Å². The van der Waals surface area contributed by atoms with Gasteiger partial charge >= 0.3 is 6.18 Å². The molecule has 18 heavy (non-hydrogen) atoms. The number of anilines is 2. The van der Waals surface area contributed by atoms with Crippen molar-refractivity contribution in [2.45, 2.75) is 13.1 Å². The van der Waals surface area contributed by atoms with Crippen molar-refractivity contribution in [2.24, 2.45) is 0 Å². The number of carbonyl (C=O) groups excluding carboxylic acids is 1. The smallest absolute Gasteiger partial charge is 0.382 e. The molecule has 8 heteroatoms. The van der Waals surface area contributed by atoms with E-state index in [1.807, 2.05) is 0 Å². The Bertz CT molecular complexity index is 434. The predicted octanol–water partition coefficient (Wildman–Crippen LogP) is 1.23. The van der Waals surface area contributed by atoms with Gasteiger partial charge in [-0.3, -0.25) is 4.79 Å². The summed E-state index contributed by atoms with van der Waals surface area (Å²) in [6.45, 7) is 1.89. The van der Waals surface area contributed by atoms with Gasteiger partial charge in [-0.25, -0.2) is 4.98 Å². The molecule has 0 aliphatic carbocycles. The normalized spacial score (nSPS) is 11.1. The zero-order valence-corrected chi connectivity index (χ0v) is 9.64. The number of hydrogen-bond acceptors (Lipinski definition) is 4. The lowest BCUT2D eigenvalue weighted by Gasteiger charge is -2.12. The number of hydrogen-bond donors (Lipinski definition) is 3. The van der Waals surface area contributed by atoms with Crippen LogP contribution in [0.25, 0.3) is 0 Å². The SMILES string of the molecule is CC(=O)NCCNc1cc(C(F)(F)F)cnc1N. The molecule has 0 atom stereocenters. The highest BCUT2D eigenvalue weighted by Crippen LogP contribution is 2.31. The molecule has 5 nitrogen and oxygen atoms in total. The molecule has 0 spiro atoms. The number of amides is 1. The highest BCUT2D eigenvalue weighted by atomic mass is 19.4. The van der Waals surface area contributed by atoms with Gasteiger partial charge in [-0.05, 0) is 6.07 Å². The van der Waals surface area contributed by atoms with E-state index in [2.05, 4.69) is 15.6 Å². The molecular formula is C10H13F3N4O. The van der Waals surface area contributed by atoms with Crippen molar-refractivity contribution in [2.75, 3.05) is 24.1 Å². The van der Waals surface area contributed by atoms with E-state index >= 15 is 0 Å². The van der Waals surface area contributed by atoms with E-state index in [1.54, 1.807) is 0 Å². The maximum Gasteiger partial charge on any atom is 0.417 e. The van der Waals surface area contributed by atoms with E-state index in [4.69, 9.17) is 5.73 Å². The van der Waals surface area contributed by atoms with Gasteiger partial charge in [0.2, 0.25) is 5.91 Å². The van der Waals surface area contributed by atoms with Gasteiger partial charge in [-0.2, -0.15) is 13.2 Å². The van der Waals surface area contributed by atoms with Crippen LogP contribution >= 0.6 is 0 Å². The molecule has 100 valence electrons. The third kappa shape index (κ3) is 4.11. The van der Waals surface area contributed by atoms with Crippen LogP contribution in [0.3, 0.4) is 0 Å². The van der Waals surface area contributed by atoms with E-state index in [1.165, 1.54) is 6.92 Å². The van der Waals surface area contributed by atoms with E-state index in [-0.39, 0.29) is 30.5 Å². The molecule has 0 unspecified atom stereocenters. The highest BCUT2D eigenvalue weighted by Gasteiger charge is 2.31. The number of nitrogens with two attached hydrogens (primary N) is 1. The van der Waals surface area contributed by atoms with E-state index in [0.717, 1.165) is 6.07 Å². The summed E-state index contributed by atoms with van der Waals surface area (Å²) in [6, 6.07) is 0.885.